The zero-order valence-electron chi connectivity index (χ0n) is 19.5. The number of aryl methyl sites for hydroxylation is 4. The molecule has 0 saturated carbocycles. The van der Waals surface area contributed by atoms with E-state index in [0.29, 0.717) is 27.4 Å². The summed E-state index contributed by atoms with van der Waals surface area (Å²) in [5.41, 5.74) is 6.59. The van der Waals surface area contributed by atoms with Crippen LogP contribution in [-0.4, -0.2) is 9.55 Å². The molecule has 0 fully saturated rings. The SMILES string of the molecule is Cc1ccc(-n2c(SCc3cc(=O)oc4c(C)c(C)ccc34)nc3ccccc3c2=O)c(C)c1. The van der Waals surface area contributed by atoms with E-state index in [2.05, 4.69) is 6.07 Å². The van der Waals surface area contributed by atoms with E-state index < -0.39 is 0 Å². The topological polar surface area (TPSA) is 65.1 Å². The second-order valence-corrected chi connectivity index (χ2v) is 9.55. The molecule has 0 aliphatic carbocycles. The molecule has 0 amide bonds. The minimum atomic E-state index is -0.380. The van der Waals surface area contributed by atoms with Gasteiger partial charge in [0.15, 0.2) is 5.16 Å². The molecule has 0 unspecified atom stereocenters. The molecule has 5 aromatic rings. The third-order valence-corrected chi connectivity index (χ3v) is 7.20. The monoisotopic (exact) mass is 468 g/mol. The van der Waals surface area contributed by atoms with E-state index in [0.717, 1.165) is 38.9 Å². The molecule has 6 heteroatoms. The third kappa shape index (κ3) is 3.84. The number of hydrogen-bond acceptors (Lipinski definition) is 5. The fourth-order valence-corrected chi connectivity index (χ4v) is 5.26. The molecule has 0 aliphatic heterocycles. The van der Waals surface area contributed by atoms with Crippen LogP contribution in [0.2, 0.25) is 0 Å². The maximum Gasteiger partial charge on any atom is 0.336 e. The Kier molecular flexibility index (Phi) is 5.62. The fraction of sp³-hybridized carbons (Fsp3) is 0.179. The highest BCUT2D eigenvalue weighted by Gasteiger charge is 2.17. The van der Waals surface area contributed by atoms with Crippen molar-refractivity contribution in [1.82, 2.24) is 9.55 Å². The molecule has 2 heterocycles. The Labute approximate surface area is 201 Å². The van der Waals surface area contributed by atoms with Crippen LogP contribution in [0.3, 0.4) is 0 Å². The van der Waals surface area contributed by atoms with Crippen molar-refractivity contribution in [2.24, 2.45) is 0 Å². The molecular formula is C28H24N2O3S. The lowest BCUT2D eigenvalue weighted by molar-refractivity contribution is 0.557. The second-order valence-electron chi connectivity index (χ2n) is 8.61. The Bertz CT molecular complexity index is 1700. The molecule has 5 nitrogen and oxygen atoms in total. The molecule has 5 rings (SSSR count). The summed E-state index contributed by atoms with van der Waals surface area (Å²) in [4.78, 5) is 30.8. The second kappa shape index (κ2) is 8.61. The predicted octanol–water partition coefficient (Wildman–Crippen LogP) is 6.02. The lowest BCUT2D eigenvalue weighted by atomic mass is 10.0. The molecule has 0 N–H and O–H groups in total. The molecule has 2 aromatic heterocycles. The van der Waals surface area contributed by atoms with Crippen LogP contribution in [0.5, 0.6) is 0 Å². The Hall–Kier alpha value is -3.64. The van der Waals surface area contributed by atoms with Gasteiger partial charge in [0.2, 0.25) is 0 Å². The van der Waals surface area contributed by atoms with Crippen LogP contribution in [0.4, 0.5) is 0 Å². The van der Waals surface area contributed by atoms with Gasteiger partial charge >= 0.3 is 5.63 Å². The summed E-state index contributed by atoms with van der Waals surface area (Å²) in [6.45, 7) is 7.99. The van der Waals surface area contributed by atoms with Crippen molar-refractivity contribution >= 4 is 33.6 Å². The van der Waals surface area contributed by atoms with E-state index in [1.807, 2.05) is 70.2 Å². The summed E-state index contributed by atoms with van der Waals surface area (Å²) in [5.74, 6) is 0.473. The molecule has 0 saturated heterocycles. The first-order valence-electron chi connectivity index (χ1n) is 11.1. The van der Waals surface area contributed by atoms with E-state index in [-0.39, 0.29) is 11.2 Å². The molecule has 0 aliphatic rings. The van der Waals surface area contributed by atoms with Crippen LogP contribution in [0, 0.1) is 27.7 Å². The van der Waals surface area contributed by atoms with Gasteiger partial charge in [-0.05, 0) is 68.1 Å². The molecule has 3 aromatic carbocycles. The number of rotatable bonds is 4. The Morgan fingerprint density at radius 1 is 0.882 bits per heavy atom. The fourth-order valence-electron chi connectivity index (χ4n) is 4.26. The van der Waals surface area contributed by atoms with Gasteiger partial charge in [-0.3, -0.25) is 9.36 Å². The van der Waals surface area contributed by atoms with Gasteiger partial charge in [0.05, 0.1) is 16.6 Å². The normalized spacial score (nSPS) is 11.4. The minimum absolute atomic E-state index is 0.107. The Morgan fingerprint density at radius 3 is 2.47 bits per heavy atom. The van der Waals surface area contributed by atoms with Crippen molar-refractivity contribution in [3.63, 3.8) is 0 Å². The zero-order valence-corrected chi connectivity index (χ0v) is 20.3. The van der Waals surface area contributed by atoms with E-state index in [9.17, 15) is 9.59 Å². The third-order valence-electron chi connectivity index (χ3n) is 6.21. The van der Waals surface area contributed by atoms with Crippen LogP contribution in [-0.2, 0) is 5.75 Å². The average molecular weight is 469 g/mol. The van der Waals surface area contributed by atoms with Crippen LogP contribution in [0.25, 0.3) is 27.6 Å². The van der Waals surface area contributed by atoms with Gasteiger partial charge < -0.3 is 4.42 Å². The molecule has 0 atom stereocenters. The summed E-state index contributed by atoms with van der Waals surface area (Å²) < 4.78 is 7.21. The number of fused-ring (bicyclic) bond motifs is 2. The van der Waals surface area contributed by atoms with Crippen LogP contribution >= 0.6 is 11.8 Å². The van der Waals surface area contributed by atoms with Gasteiger partial charge in [0.1, 0.15) is 5.58 Å². The first kappa shape index (κ1) is 22.2. The summed E-state index contributed by atoms with van der Waals surface area (Å²) in [7, 11) is 0. The molecule has 0 radical (unpaired) electrons. The highest BCUT2D eigenvalue weighted by molar-refractivity contribution is 7.98. The quantitative estimate of drug-likeness (QED) is 0.183. The first-order valence-corrected chi connectivity index (χ1v) is 12.1. The first-order chi connectivity index (χ1) is 16.3. The lowest BCUT2D eigenvalue weighted by Crippen LogP contribution is -2.22. The highest BCUT2D eigenvalue weighted by Crippen LogP contribution is 2.30. The largest absolute Gasteiger partial charge is 0.422 e. The van der Waals surface area contributed by atoms with Gasteiger partial charge in [-0.15, -0.1) is 0 Å². The van der Waals surface area contributed by atoms with Gasteiger partial charge in [0.25, 0.3) is 5.56 Å². The Morgan fingerprint density at radius 2 is 1.68 bits per heavy atom. The van der Waals surface area contributed by atoms with E-state index >= 15 is 0 Å². The number of aromatic nitrogens is 2. The van der Waals surface area contributed by atoms with Crippen molar-refractivity contribution in [3.8, 4) is 5.69 Å². The molecular weight excluding hydrogens is 444 g/mol. The standard InChI is InChI=1S/C28H24N2O3S/c1-16-9-12-24(18(3)13-16)30-27(32)22-7-5-6-8-23(22)29-28(30)34-15-20-14-25(31)33-26-19(4)17(2)10-11-21(20)26/h5-14H,15H2,1-4H3. The van der Waals surface area contributed by atoms with Gasteiger partial charge in [-0.2, -0.15) is 0 Å². The number of benzene rings is 3. The van der Waals surface area contributed by atoms with Gasteiger partial charge in [-0.1, -0.05) is 53.7 Å². The summed E-state index contributed by atoms with van der Waals surface area (Å²) in [6, 6.07) is 19.0. The van der Waals surface area contributed by atoms with Crippen LogP contribution in [0.15, 0.2) is 79.8 Å². The number of nitrogens with zero attached hydrogens (tertiary/aromatic N) is 2. The summed E-state index contributed by atoms with van der Waals surface area (Å²) in [5, 5.41) is 2.06. The summed E-state index contributed by atoms with van der Waals surface area (Å²) >= 11 is 1.44. The predicted molar refractivity (Wildman–Crippen MR) is 138 cm³/mol. The maximum atomic E-state index is 13.6. The lowest BCUT2D eigenvalue weighted by Gasteiger charge is -2.16. The Balaban J connectivity index is 1.67. The smallest absolute Gasteiger partial charge is 0.336 e. The number of hydrogen-bond donors (Lipinski definition) is 0. The molecule has 0 spiro atoms. The van der Waals surface area contributed by atoms with E-state index in [1.54, 1.807) is 10.6 Å². The minimum Gasteiger partial charge on any atom is -0.422 e. The van der Waals surface area contributed by atoms with Crippen molar-refractivity contribution in [2.75, 3.05) is 0 Å². The van der Waals surface area contributed by atoms with E-state index in [4.69, 9.17) is 9.40 Å². The van der Waals surface area contributed by atoms with Gasteiger partial charge in [-0.25, -0.2) is 9.78 Å². The summed E-state index contributed by atoms with van der Waals surface area (Å²) in [6.07, 6.45) is 0. The maximum absolute atomic E-state index is 13.6. The van der Waals surface area contributed by atoms with Gasteiger partial charge in [0, 0.05) is 17.2 Å². The zero-order chi connectivity index (χ0) is 24.0. The van der Waals surface area contributed by atoms with Crippen molar-refractivity contribution in [2.45, 2.75) is 38.6 Å². The van der Waals surface area contributed by atoms with Crippen molar-refractivity contribution in [1.29, 1.82) is 0 Å². The van der Waals surface area contributed by atoms with Crippen molar-refractivity contribution in [3.05, 3.63) is 109 Å². The van der Waals surface area contributed by atoms with Crippen LogP contribution in [0.1, 0.15) is 27.8 Å². The molecule has 34 heavy (non-hydrogen) atoms. The number of thioether (sulfide) groups is 1. The van der Waals surface area contributed by atoms with Crippen molar-refractivity contribution < 1.29 is 4.42 Å². The number of para-hydroxylation sites is 1. The van der Waals surface area contributed by atoms with Crippen LogP contribution < -0.4 is 11.2 Å². The molecule has 0 bridgehead atoms. The average Bonchev–Trinajstić information content (AvgIpc) is 2.81. The van der Waals surface area contributed by atoms with E-state index in [1.165, 1.54) is 17.8 Å². The highest BCUT2D eigenvalue weighted by atomic mass is 32.2. The molecule has 170 valence electrons.